The van der Waals surface area contributed by atoms with Crippen LogP contribution in [-0.4, -0.2) is 10.5 Å². The number of aryl methyl sites for hydroxylation is 2. The maximum Gasteiger partial charge on any atom is 0.248 e. The minimum atomic E-state index is -0.130. The van der Waals surface area contributed by atoms with Crippen molar-refractivity contribution in [3.63, 3.8) is 0 Å². The van der Waals surface area contributed by atoms with Crippen LogP contribution in [0, 0.1) is 0 Å². The highest BCUT2D eigenvalue weighted by molar-refractivity contribution is 7.16. The third-order valence-electron chi connectivity index (χ3n) is 3.70. The summed E-state index contributed by atoms with van der Waals surface area (Å²) in [5.74, 6) is -0.130. The number of nitrogens with zero attached hydrogens (tertiary/aromatic N) is 2. The van der Waals surface area contributed by atoms with Crippen molar-refractivity contribution in [2.75, 3.05) is 0 Å². The molecule has 0 aliphatic rings. The number of benzene rings is 2. The Morgan fingerprint density at radius 1 is 1.21 bits per heavy atom. The molecule has 0 spiro atoms. The molecule has 1 aromatic heterocycles. The Bertz CT molecular complexity index is 945. The first-order valence-corrected chi connectivity index (χ1v) is 9.25. The lowest BCUT2D eigenvalue weighted by Gasteiger charge is -2.02. The van der Waals surface area contributed by atoms with E-state index in [0.29, 0.717) is 34.2 Å². The van der Waals surface area contributed by atoms with Gasteiger partial charge in [-0.05, 0) is 31.0 Å². The summed E-state index contributed by atoms with van der Waals surface area (Å²) in [5, 5.41) is 1.16. The van der Waals surface area contributed by atoms with Gasteiger partial charge in [0.2, 0.25) is 5.91 Å². The van der Waals surface area contributed by atoms with E-state index in [1.807, 2.05) is 47.9 Å². The van der Waals surface area contributed by atoms with E-state index in [9.17, 15) is 4.79 Å². The van der Waals surface area contributed by atoms with Gasteiger partial charge in [0.25, 0.3) is 0 Å². The molecule has 0 bridgehead atoms. The lowest BCUT2D eigenvalue weighted by molar-refractivity contribution is -0.118. The number of rotatable bonds is 4. The Balaban J connectivity index is 1.91. The van der Waals surface area contributed by atoms with Gasteiger partial charge in [0, 0.05) is 18.0 Å². The van der Waals surface area contributed by atoms with Crippen LogP contribution in [-0.2, 0) is 17.8 Å². The summed E-state index contributed by atoms with van der Waals surface area (Å²) in [5.41, 5.74) is 2.01. The number of fused-ring (bicyclic) bond motifs is 1. The first-order chi connectivity index (χ1) is 11.6. The predicted octanol–water partition coefficient (Wildman–Crippen LogP) is 5.09. The Kier molecular flexibility index (Phi) is 5.39. The van der Waals surface area contributed by atoms with Crippen molar-refractivity contribution < 1.29 is 4.79 Å². The first kappa shape index (κ1) is 17.2. The van der Waals surface area contributed by atoms with E-state index in [4.69, 9.17) is 23.2 Å². The van der Waals surface area contributed by atoms with E-state index in [0.717, 1.165) is 15.8 Å². The van der Waals surface area contributed by atoms with Crippen LogP contribution in [0.1, 0.15) is 18.9 Å². The van der Waals surface area contributed by atoms with Gasteiger partial charge in [-0.1, -0.05) is 64.9 Å². The Labute approximate surface area is 154 Å². The monoisotopic (exact) mass is 378 g/mol. The molecule has 0 saturated carbocycles. The molecule has 2 aromatic carbocycles. The molecule has 24 heavy (non-hydrogen) atoms. The predicted molar refractivity (Wildman–Crippen MR) is 101 cm³/mol. The summed E-state index contributed by atoms with van der Waals surface area (Å²) in [6.07, 6.45) is 1.07. The molecule has 0 atom stereocenters. The highest BCUT2D eigenvalue weighted by Gasteiger charge is 2.11. The van der Waals surface area contributed by atoms with E-state index in [1.165, 1.54) is 11.3 Å². The number of hydrogen-bond acceptors (Lipinski definition) is 2. The van der Waals surface area contributed by atoms with Crippen LogP contribution in [0.3, 0.4) is 0 Å². The molecule has 1 heterocycles. The van der Waals surface area contributed by atoms with Crippen molar-refractivity contribution in [2.24, 2.45) is 4.99 Å². The average Bonchev–Trinajstić information content (AvgIpc) is 2.91. The molecule has 0 aliphatic carbocycles. The van der Waals surface area contributed by atoms with Gasteiger partial charge in [0.15, 0.2) is 4.80 Å². The second kappa shape index (κ2) is 7.51. The molecule has 0 N–H and O–H groups in total. The van der Waals surface area contributed by atoms with Gasteiger partial charge in [-0.15, -0.1) is 0 Å². The second-order valence-electron chi connectivity index (χ2n) is 5.35. The van der Waals surface area contributed by atoms with Crippen LogP contribution in [0.4, 0.5) is 0 Å². The summed E-state index contributed by atoms with van der Waals surface area (Å²) in [4.78, 5) is 17.2. The Hall–Kier alpha value is -1.62. The maximum absolute atomic E-state index is 12.3. The molecule has 1 amide bonds. The zero-order valence-corrected chi connectivity index (χ0v) is 15.5. The highest BCUT2D eigenvalue weighted by atomic mass is 35.5. The van der Waals surface area contributed by atoms with Crippen LogP contribution >= 0.6 is 34.5 Å². The number of aromatic nitrogens is 1. The molecule has 0 fully saturated rings. The molecule has 3 nitrogen and oxygen atoms in total. The van der Waals surface area contributed by atoms with Crippen LogP contribution in [0.15, 0.2) is 47.5 Å². The van der Waals surface area contributed by atoms with E-state index in [-0.39, 0.29) is 5.91 Å². The van der Waals surface area contributed by atoms with E-state index in [2.05, 4.69) is 4.99 Å². The smallest absolute Gasteiger partial charge is 0.248 e. The average molecular weight is 379 g/mol. The highest BCUT2D eigenvalue weighted by Crippen LogP contribution is 2.29. The standard InChI is InChI=1S/C18H16Cl2N2OS/c1-2-22-17-14(20)10-13(19)11-15(17)24-18(22)21-16(23)9-8-12-6-4-3-5-7-12/h3-7,10-11H,2,8-9H2,1H3. The molecule has 6 heteroatoms. The van der Waals surface area contributed by atoms with Crippen molar-refractivity contribution in [2.45, 2.75) is 26.3 Å². The number of halogens is 2. The van der Waals surface area contributed by atoms with Gasteiger partial charge in [0.1, 0.15) is 0 Å². The quantitative estimate of drug-likeness (QED) is 0.622. The summed E-state index contributed by atoms with van der Waals surface area (Å²) in [6.45, 7) is 2.69. The molecule has 0 aliphatic heterocycles. The fourth-order valence-corrected chi connectivity index (χ4v) is 4.46. The van der Waals surface area contributed by atoms with Crippen molar-refractivity contribution >= 4 is 50.7 Å². The number of hydrogen-bond donors (Lipinski definition) is 0. The molecule has 124 valence electrons. The number of carbonyl (C=O) groups excluding carboxylic acids is 1. The lowest BCUT2D eigenvalue weighted by Crippen LogP contribution is -2.16. The van der Waals surface area contributed by atoms with Gasteiger partial charge >= 0.3 is 0 Å². The van der Waals surface area contributed by atoms with Gasteiger partial charge in [-0.2, -0.15) is 4.99 Å². The van der Waals surface area contributed by atoms with Crippen molar-refractivity contribution in [1.29, 1.82) is 0 Å². The lowest BCUT2D eigenvalue weighted by atomic mass is 10.1. The summed E-state index contributed by atoms with van der Waals surface area (Å²) >= 11 is 13.8. The third kappa shape index (κ3) is 3.72. The zero-order valence-electron chi connectivity index (χ0n) is 13.1. The molecule has 0 saturated heterocycles. The number of carbonyl (C=O) groups is 1. The summed E-state index contributed by atoms with van der Waals surface area (Å²) in [6, 6.07) is 13.5. The summed E-state index contributed by atoms with van der Waals surface area (Å²) in [7, 11) is 0. The number of amides is 1. The minimum absolute atomic E-state index is 0.130. The fraction of sp³-hybridized carbons (Fsp3) is 0.222. The van der Waals surface area contributed by atoms with Crippen LogP contribution in [0.5, 0.6) is 0 Å². The normalized spacial score (nSPS) is 12.0. The molecular formula is C18H16Cl2N2OS. The SMILES string of the molecule is CCn1c(=NC(=O)CCc2ccccc2)sc2cc(Cl)cc(Cl)c21. The van der Waals surface area contributed by atoms with Crippen LogP contribution in [0.25, 0.3) is 10.2 Å². The Morgan fingerprint density at radius 2 is 1.96 bits per heavy atom. The van der Waals surface area contributed by atoms with Gasteiger partial charge in [0.05, 0.1) is 15.2 Å². The summed E-state index contributed by atoms with van der Waals surface area (Å²) < 4.78 is 2.89. The third-order valence-corrected chi connectivity index (χ3v) is 5.23. The maximum atomic E-state index is 12.3. The molecule has 0 unspecified atom stereocenters. The number of thiazole rings is 1. The molecule has 3 rings (SSSR count). The Morgan fingerprint density at radius 3 is 2.67 bits per heavy atom. The van der Waals surface area contributed by atoms with Gasteiger partial charge in [-0.3, -0.25) is 4.79 Å². The van der Waals surface area contributed by atoms with E-state index in [1.54, 1.807) is 6.07 Å². The van der Waals surface area contributed by atoms with Crippen molar-refractivity contribution in [3.05, 3.63) is 62.9 Å². The largest absolute Gasteiger partial charge is 0.315 e. The van der Waals surface area contributed by atoms with E-state index < -0.39 is 0 Å². The van der Waals surface area contributed by atoms with E-state index >= 15 is 0 Å². The van der Waals surface area contributed by atoms with Gasteiger partial charge < -0.3 is 4.57 Å². The van der Waals surface area contributed by atoms with Crippen LogP contribution < -0.4 is 4.80 Å². The molecule has 0 radical (unpaired) electrons. The zero-order chi connectivity index (χ0) is 17.1. The minimum Gasteiger partial charge on any atom is -0.315 e. The molecule has 3 aromatic rings. The van der Waals surface area contributed by atoms with Crippen molar-refractivity contribution in [1.82, 2.24) is 4.57 Å². The van der Waals surface area contributed by atoms with Gasteiger partial charge in [-0.25, -0.2) is 0 Å². The molecular weight excluding hydrogens is 363 g/mol. The van der Waals surface area contributed by atoms with Crippen LogP contribution in [0.2, 0.25) is 10.0 Å². The fourth-order valence-electron chi connectivity index (χ4n) is 2.57. The second-order valence-corrected chi connectivity index (χ2v) is 7.21. The first-order valence-electron chi connectivity index (χ1n) is 7.68. The topological polar surface area (TPSA) is 34.4 Å². The van der Waals surface area contributed by atoms with Crippen molar-refractivity contribution in [3.8, 4) is 0 Å².